The summed E-state index contributed by atoms with van der Waals surface area (Å²) in [6.07, 6.45) is 0.246. The zero-order valence-corrected chi connectivity index (χ0v) is 11.1. The van der Waals surface area contributed by atoms with Crippen LogP contribution < -0.4 is 5.32 Å². The van der Waals surface area contributed by atoms with E-state index in [9.17, 15) is 9.59 Å². The van der Waals surface area contributed by atoms with Crippen molar-refractivity contribution in [2.75, 3.05) is 13.1 Å². The fourth-order valence-corrected chi connectivity index (χ4v) is 1.59. The van der Waals surface area contributed by atoms with Crippen molar-refractivity contribution in [1.29, 1.82) is 10.5 Å². The lowest BCUT2D eigenvalue weighted by Crippen LogP contribution is -2.32. The molecule has 0 rings (SSSR count). The molecule has 0 unspecified atom stereocenters. The second-order valence-electron chi connectivity index (χ2n) is 3.14. The highest BCUT2D eigenvalue weighted by molar-refractivity contribution is 7.84. The minimum atomic E-state index is -0.716. The van der Waals surface area contributed by atoms with Gasteiger partial charge in [0.1, 0.15) is 18.2 Å². The molecule has 1 N–H and O–H groups in total. The van der Waals surface area contributed by atoms with Crippen molar-refractivity contribution in [3.05, 3.63) is 10.6 Å². The van der Waals surface area contributed by atoms with E-state index in [1.807, 2.05) is 0 Å². The molecule has 7 heteroatoms. The lowest BCUT2D eigenvalue weighted by atomic mass is 10.2. The van der Waals surface area contributed by atoms with Gasteiger partial charge in [0.2, 0.25) is 5.91 Å². The largest absolute Gasteiger partial charge is 0.338 e. The summed E-state index contributed by atoms with van der Waals surface area (Å²) in [7, 11) is 0. The number of nitrogens with one attached hydrogen (secondary N) is 1. The average molecular weight is 266 g/mol. The number of hydrogen-bond donors (Lipinski definition) is 2. The van der Waals surface area contributed by atoms with E-state index >= 15 is 0 Å². The second-order valence-corrected chi connectivity index (χ2v) is 3.57. The number of thiol groups is 1. The van der Waals surface area contributed by atoms with Crippen LogP contribution in [0.1, 0.15) is 20.3 Å². The third-order valence-electron chi connectivity index (χ3n) is 2.07. The van der Waals surface area contributed by atoms with Crippen molar-refractivity contribution in [3.8, 4) is 12.1 Å². The third kappa shape index (κ3) is 4.11. The highest BCUT2D eigenvalue weighted by Gasteiger charge is 2.20. The molecular weight excluding hydrogens is 252 g/mol. The zero-order chi connectivity index (χ0) is 14.1. The van der Waals surface area contributed by atoms with E-state index in [1.165, 1.54) is 4.90 Å². The summed E-state index contributed by atoms with van der Waals surface area (Å²) in [5.74, 6) is -0.949. The monoisotopic (exact) mass is 266 g/mol. The smallest absolute Gasteiger partial charge is 0.265 e. The van der Waals surface area contributed by atoms with Gasteiger partial charge in [0.25, 0.3) is 5.91 Å². The van der Waals surface area contributed by atoms with E-state index in [4.69, 9.17) is 10.5 Å². The van der Waals surface area contributed by atoms with Crippen molar-refractivity contribution in [1.82, 2.24) is 10.2 Å². The maximum Gasteiger partial charge on any atom is 0.265 e. The van der Waals surface area contributed by atoms with Crippen LogP contribution in [-0.2, 0) is 9.59 Å². The lowest BCUT2D eigenvalue weighted by molar-refractivity contribution is -0.128. The maximum atomic E-state index is 11.6. The van der Waals surface area contributed by atoms with Crippen molar-refractivity contribution in [3.63, 3.8) is 0 Å². The van der Waals surface area contributed by atoms with E-state index in [0.29, 0.717) is 6.54 Å². The first-order valence-electron chi connectivity index (χ1n) is 5.32. The van der Waals surface area contributed by atoms with Gasteiger partial charge in [-0.25, -0.2) is 0 Å². The summed E-state index contributed by atoms with van der Waals surface area (Å²) in [5, 5.41) is 19.5. The Morgan fingerprint density at radius 2 is 1.94 bits per heavy atom. The van der Waals surface area contributed by atoms with Crippen LogP contribution in [0.2, 0.25) is 0 Å². The van der Waals surface area contributed by atoms with Crippen LogP contribution in [0.3, 0.4) is 0 Å². The van der Waals surface area contributed by atoms with Crippen LogP contribution >= 0.6 is 12.6 Å². The predicted molar refractivity (Wildman–Crippen MR) is 67.9 cm³/mol. The van der Waals surface area contributed by atoms with Crippen LogP contribution in [-0.4, -0.2) is 29.8 Å². The first kappa shape index (κ1) is 16.0. The molecule has 0 atom stereocenters. The standard InChI is InChI=1S/C11H14N4O2S/c1-3-9(16)15(4-2)11(18)8(7-13)10(17)14-6-5-12/h18H,3-4,6H2,1-2H3,(H,14,17)/b11-8-. The van der Waals surface area contributed by atoms with Crippen LogP contribution in [0, 0.1) is 22.7 Å². The minimum absolute atomic E-state index is 0.00212. The number of nitriles is 2. The molecule has 2 amide bonds. The number of rotatable bonds is 5. The summed E-state index contributed by atoms with van der Waals surface area (Å²) in [5.41, 5.74) is -0.280. The Bertz CT molecular complexity index is 445. The normalized spacial score (nSPS) is 10.7. The van der Waals surface area contributed by atoms with Crippen LogP contribution in [0.25, 0.3) is 0 Å². The van der Waals surface area contributed by atoms with Gasteiger partial charge >= 0.3 is 0 Å². The Balaban J connectivity index is 5.26. The third-order valence-corrected chi connectivity index (χ3v) is 2.53. The number of nitrogens with zero attached hydrogens (tertiary/aromatic N) is 3. The van der Waals surface area contributed by atoms with E-state index in [0.717, 1.165) is 0 Å². The van der Waals surface area contributed by atoms with Gasteiger partial charge < -0.3 is 10.2 Å². The molecule has 0 aliphatic carbocycles. The van der Waals surface area contributed by atoms with Gasteiger partial charge in [-0.3, -0.25) is 9.59 Å². The fourth-order valence-electron chi connectivity index (χ4n) is 1.18. The van der Waals surface area contributed by atoms with Gasteiger partial charge in [0.05, 0.1) is 11.1 Å². The van der Waals surface area contributed by atoms with Crippen molar-refractivity contribution in [2.45, 2.75) is 20.3 Å². The molecule has 18 heavy (non-hydrogen) atoms. The lowest BCUT2D eigenvalue weighted by Gasteiger charge is -2.20. The molecule has 0 bridgehead atoms. The number of carbonyl (C=O) groups excluding carboxylic acids is 2. The molecule has 96 valence electrons. The zero-order valence-electron chi connectivity index (χ0n) is 10.2. The van der Waals surface area contributed by atoms with E-state index < -0.39 is 5.91 Å². The van der Waals surface area contributed by atoms with E-state index in [-0.39, 0.29) is 29.5 Å². The summed E-state index contributed by atoms with van der Waals surface area (Å²) >= 11 is 4.05. The molecule has 0 aromatic carbocycles. The molecule has 0 aliphatic rings. The molecule has 6 nitrogen and oxygen atoms in total. The molecule has 0 radical (unpaired) electrons. The summed E-state index contributed by atoms with van der Waals surface area (Å²) in [6.45, 7) is 3.49. The Labute approximate surface area is 111 Å². The van der Waals surface area contributed by atoms with Crippen molar-refractivity contribution in [2.24, 2.45) is 0 Å². The minimum Gasteiger partial charge on any atom is -0.338 e. The SMILES string of the molecule is CCC(=O)N(CC)/C(S)=C(\C#N)C(=O)NCC#N. The van der Waals surface area contributed by atoms with Crippen LogP contribution in [0.15, 0.2) is 10.6 Å². The summed E-state index contributed by atoms with van der Waals surface area (Å²) in [4.78, 5) is 24.4. The molecule has 0 saturated carbocycles. The number of hydrogen-bond acceptors (Lipinski definition) is 5. The van der Waals surface area contributed by atoms with Crippen LogP contribution in [0.4, 0.5) is 0 Å². The van der Waals surface area contributed by atoms with Gasteiger partial charge in [0, 0.05) is 13.0 Å². The molecule has 0 fully saturated rings. The number of carbonyl (C=O) groups is 2. The quantitative estimate of drug-likeness (QED) is 0.328. The summed E-state index contributed by atoms with van der Waals surface area (Å²) < 4.78 is 0. The molecule has 0 spiro atoms. The van der Waals surface area contributed by atoms with Crippen molar-refractivity contribution < 1.29 is 9.59 Å². The first-order valence-corrected chi connectivity index (χ1v) is 5.76. The van der Waals surface area contributed by atoms with E-state index in [1.54, 1.807) is 26.0 Å². The highest BCUT2D eigenvalue weighted by Crippen LogP contribution is 2.15. The molecule has 0 aromatic rings. The Kier molecular flexibility index (Phi) is 7.25. The van der Waals surface area contributed by atoms with Gasteiger partial charge in [0.15, 0.2) is 0 Å². The molecule has 0 heterocycles. The summed E-state index contributed by atoms with van der Waals surface area (Å²) in [6, 6.07) is 3.42. The molecule has 0 saturated heterocycles. The van der Waals surface area contributed by atoms with Gasteiger partial charge in [-0.05, 0) is 6.92 Å². The Morgan fingerprint density at radius 3 is 2.33 bits per heavy atom. The van der Waals surface area contributed by atoms with E-state index in [2.05, 4.69) is 17.9 Å². The maximum absolute atomic E-state index is 11.6. The highest BCUT2D eigenvalue weighted by atomic mass is 32.1. The first-order chi connectivity index (χ1) is 8.53. The van der Waals surface area contributed by atoms with Gasteiger partial charge in [-0.1, -0.05) is 6.92 Å². The number of amides is 2. The molecule has 0 aromatic heterocycles. The second kappa shape index (κ2) is 8.15. The molecular formula is C11H14N4O2S. The predicted octanol–water partition coefficient (Wildman–Crippen LogP) is 0.550. The van der Waals surface area contributed by atoms with Crippen LogP contribution in [0.5, 0.6) is 0 Å². The van der Waals surface area contributed by atoms with Crippen molar-refractivity contribution >= 4 is 24.4 Å². The van der Waals surface area contributed by atoms with Gasteiger partial charge in [-0.15, -0.1) is 12.6 Å². The average Bonchev–Trinajstić information content (AvgIpc) is 2.37. The molecule has 0 aliphatic heterocycles. The topological polar surface area (TPSA) is 97.0 Å². The fraction of sp³-hybridized carbons (Fsp3) is 0.455. The Hall–Kier alpha value is -1.99. The van der Waals surface area contributed by atoms with Gasteiger partial charge in [-0.2, -0.15) is 10.5 Å². The Morgan fingerprint density at radius 1 is 1.33 bits per heavy atom.